The van der Waals surface area contributed by atoms with E-state index in [-0.39, 0.29) is 10.9 Å². The first kappa shape index (κ1) is 29.1. The Morgan fingerprint density at radius 2 is 1.55 bits per heavy atom. The molecule has 0 aromatic heterocycles. The number of carboxylic acid groups (broad SMARTS) is 2. The smallest absolute Gasteiger partial charge is 0.329 e. The lowest BCUT2D eigenvalue weighted by atomic mass is 10.0. The minimum absolute atomic E-state index is 0.127. The van der Waals surface area contributed by atoms with Crippen molar-refractivity contribution in [3.05, 3.63) is 0 Å². The molecular weight excluding hydrogens is 420 g/mol. The fourth-order valence-electron chi connectivity index (χ4n) is 4.35. The molecule has 1 heterocycles. The fourth-order valence-corrected chi connectivity index (χ4v) is 4.35. The van der Waals surface area contributed by atoms with E-state index >= 15 is 0 Å². The van der Waals surface area contributed by atoms with Crippen molar-refractivity contribution in [3.63, 3.8) is 0 Å². The van der Waals surface area contributed by atoms with E-state index in [1.807, 2.05) is 0 Å². The third-order valence-corrected chi connectivity index (χ3v) is 6.41. The van der Waals surface area contributed by atoms with Crippen LogP contribution in [-0.2, 0) is 14.3 Å². The highest BCUT2D eigenvalue weighted by Gasteiger charge is 2.44. The van der Waals surface area contributed by atoms with Crippen LogP contribution in [0.5, 0.6) is 0 Å². The molecule has 188 valence electrons. The number of carbonyl (C=O) groups is 2. The fraction of sp³-hybridized carbons (Fsp3) is 0.808. The summed E-state index contributed by atoms with van der Waals surface area (Å²) >= 11 is 0. The Morgan fingerprint density at radius 3 is 2.03 bits per heavy atom. The van der Waals surface area contributed by atoms with Crippen molar-refractivity contribution in [3.8, 4) is 11.8 Å². The highest BCUT2D eigenvalue weighted by Crippen LogP contribution is 2.24. The van der Waals surface area contributed by atoms with Gasteiger partial charge in [0.05, 0.1) is 6.54 Å². The minimum atomic E-state index is -1.05. The van der Waals surface area contributed by atoms with Crippen molar-refractivity contribution < 1.29 is 29.0 Å². The lowest BCUT2D eigenvalue weighted by Gasteiger charge is -2.39. The van der Waals surface area contributed by atoms with Gasteiger partial charge in [0.15, 0.2) is 25.2 Å². The van der Waals surface area contributed by atoms with Crippen LogP contribution in [0.1, 0.15) is 104 Å². The van der Waals surface area contributed by atoms with Gasteiger partial charge >= 0.3 is 11.9 Å². The van der Waals surface area contributed by atoms with Gasteiger partial charge in [0.2, 0.25) is 0 Å². The second kappa shape index (κ2) is 17.6. The maximum atomic E-state index is 11.5. The largest absolute Gasteiger partial charge is 0.481 e. The maximum absolute atomic E-state index is 11.5. The Balaban J connectivity index is 2.39. The Bertz CT molecular complexity index is 655. The van der Waals surface area contributed by atoms with Gasteiger partial charge in [-0.2, -0.15) is 0 Å². The van der Waals surface area contributed by atoms with E-state index in [1.165, 1.54) is 64.2 Å². The van der Waals surface area contributed by atoms with E-state index in [9.17, 15) is 14.7 Å². The van der Waals surface area contributed by atoms with Crippen molar-refractivity contribution in [2.45, 2.75) is 116 Å². The number of carboxylic acids is 2. The third kappa shape index (κ3) is 12.2. The Morgan fingerprint density at radius 1 is 0.970 bits per heavy atom. The molecule has 3 atom stereocenters. The van der Waals surface area contributed by atoms with Gasteiger partial charge in [0.1, 0.15) is 13.0 Å². The van der Waals surface area contributed by atoms with E-state index in [0.29, 0.717) is 13.1 Å². The zero-order valence-electron chi connectivity index (χ0n) is 20.8. The summed E-state index contributed by atoms with van der Waals surface area (Å²) in [6.45, 7) is 4.70. The molecule has 1 rings (SSSR count). The Labute approximate surface area is 200 Å². The Hall–Kier alpha value is -1.91. The summed E-state index contributed by atoms with van der Waals surface area (Å²) in [6, 6.07) is -0.505. The lowest BCUT2D eigenvalue weighted by Crippen LogP contribution is -2.60. The summed E-state index contributed by atoms with van der Waals surface area (Å²) in [5.41, 5.74) is 0. The van der Waals surface area contributed by atoms with Crippen LogP contribution >= 0.6 is 0 Å². The molecule has 3 unspecified atom stereocenters. The molecular formula is C26H45N2O5+. The molecule has 0 saturated carbocycles. The summed E-state index contributed by atoms with van der Waals surface area (Å²) < 4.78 is 5.64. The average molecular weight is 466 g/mol. The third-order valence-electron chi connectivity index (χ3n) is 6.41. The monoisotopic (exact) mass is 465 g/mol. The van der Waals surface area contributed by atoms with Crippen LogP contribution < -0.4 is 0 Å². The minimum Gasteiger partial charge on any atom is -0.481 e. The van der Waals surface area contributed by atoms with E-state index in [4.69, 9.17) is 9.84 Å². The lowest BCUT2D eigenvalue weighted by molar-refractivity contribution is -0.893. The van der Waals surface area contributed by atoms with Crippen LogP contribution in [0.3, 0.4) is 0 Å². The first-order chi connectivity index (χ1) is 15.9. The van der Waals surface area contributed by atoms with Crippen LogP contribution in [0.25, 0.3) is 0 Å². The molecule has 33 heavy (non-hydrogen) atoms. The van der Waals surface area contributed by atoms with E-state index in [1.54, 1.807) is 13.3 Å². The summed E-state index contributed by atoms with van der Waals surface area (Å²) in [5, 5.41) is 18.3. The molecule has 7 nitrogen and oxygen atoms in total. The predicted octanol–water partition coefficient (Wildman–Crippen LogP) is 5.23. The number of ether oxygens (including phenoxy) is 1. The summed E-state index contributed by atoms with van der Waals surface area (Å²) in [4.78, 5) is 26.7. The highest BCUT2D eigenvalue weighted by molar-refractivity contribution is 5.69. The van der Waals surface area contributed by atoms with E-state index < -0.39 is 30.8 Å². The summed E-state index contributed by atoms with van der Waals surface area (Å²) in [5.74, 6) is 4.37. The number of aliphatic imine (C=N–C) groups is 1. The number of rotatable bonds is 19. The number of unbranched alkanes of at least 4 members (excludes halogenated alkanes) is 12. The molecule has 2 N–H and O–H groups in total. The van der Waals surface area contributed by atoms with Crippen molar-refractivity contribution in [1.82, 2.24) is 0 Å². The van der Waals surface area contributed by atoms with Gasteiger partial charge in [-0.3, -0.25) is 4.79 Å². The Kier molecular flexibility index (Phi) is 15.5. The second-order valence-corrected chi connectivity index (χ2v) is 9.12. The number of hydrogen-bond donors (Lipinski definition) is 2. The quantitative estimate of drug-likeness (QED) is 0.155. The van der Waals surface area contributed by atoms with Crippen LogP contribution in [0.2, 0.25) is 0 Å². The van der Waals surface area contributed by atoms with Gasteiger partial charge in [0, 0.05) is 13.3 Å². The van der Waals surface area contributed by atoms with Gasteiger partial charge in [-0.15, -0.1) is 0 Å². The van der Waals surface area contributed by atoms with Gasteiger partial charge in [-0.25, -0.2) is 14.3 Å². The summed E-state index contributed by atoms with van der Waals surface area (Å²) in [7, 11) is 0. The number of quaternary nitrogens is 1. The first-order valence-electron chi connectivity index (χ1n) is 12.8. The molecule has 0 aromatic rings. The number of aliphatic carboxylic acids is 2. The van der Waals surface area contributed by atoms with Crippen molar-refractivity contribution >= 4 is 18.3 Å². The average Bonchev–Trinajstić information content (AvgIpc) is 3.27. The van der Waals surface area contributed by atoms with Crippen LogP contribution in [0.15, 0.2) is 4.99 Å². The molecule has 0 aliphatic carbocycles. The highest BCUT2D eigenvalue weighted by atomic mass is 16.5. The molecule has 0 fully saturated rings. The molecule has 7 heteroatoms. The van der Waals surface area contributed by atoms with Crippen LogP contribution in [-0.4, -0.2) is 64.9 Å². The van der Waals surface area contributed by atoms with E-state index in [0.717, 1.165) is 19.3 Å². The standard InChI is InChI=1S/C26H44N2O5/c1-3-4-5-6-7-8-9-10-11-12-13-14-15-16-17-24(20-25(29)30)28(19-18-27-22-28)23(2)33-21-26(31)32/h22-24H,3-15,18-21H2,1-2H3,(H-,29,30,31,32)/p+1. The molecule has 0 saturated heterocycles. The first-order valence-corrected chi connectivity index (χ1v) is 12.8. The maximum Gasteiger partial charge on any atom is 0.329 e. The second-order valence-electron chi connectivity index (χ2n) is 9.12. The molecule has 0 aromatic carbocycles. The molecule has 1 aliphatic heterocycles. The molecule has 0 radical (unpaired) electrons. The molecule has 0 spiro atoms. The molecule has 0 amide bonds. The normalized spacial score (nSPS) is 19.1. The van der Waals surface area contributed by atoms with Crippen LogP contribution in [0, 0.1) is 11.8 Å². The zero-order valence-corrected chi connectivity index (χ0v) is 20.8. The molecule has 1 aliphatic rings. The van der Waals surface area contributed by atoms with E-state index in [2.05, 4.69) is 23.8 Å². The van der Waals surface area contributed by atoms with Gasteiger partial charge in [0.25, 0.3) is 0 Å². The SMILES string of the molecule is CCCCCCCCCCCCCCC#CC(CC(=O)O)[N+]1(C(C)OCC(=O)O)C=NCC1. The predicted molar refractivity (Wildman–Crippen MR) is 131 cm³/mol. The van der Waals surface area contributed by atoms with Gasteiger partial charge < -0.3 is 14.9 Å². The summed E-state index contributed by atoms with van der Waals surface area (Å²) in [6.07, 6.45) is 17.3. The molecule has 0 bridgehead atoms. The topological polar surface area (TPSA) is 96.2 Å². The van der Waals surface area contributed by atoms with Crippen molar-refractivity contribution in [2.24, 2.45) is 4.99 Å². The number of hydrogen-bond acceptors (Lipinski definition) is 4. The van der Waals surface area contributed by atoms with Crippen LogP contribution in [0.4, 0.5) is 0 Å². The zero-order chi connectivity index (χ0) is 24.4. The van der Waals surface area contributed by atoms with Crippen molar-refractivity contribution in [1.29, 1.82) is 0 Å². The number of nitrogens with zero attached hydrogens (tertiary/aromatic N) is 2. The van der Waals surface area contributed by atoms with Gasteiger partial charge in [-0.05, 0) is 12.3 Å². The van der Waals surface area contributed by atoms with Gasteiger partial charge in [-0.1, -0.05) is 83.5 Å². The van der Waals surface area contributed by atoms with Crippen molar-refractivity contribution in [2.75, 3.05) is 19.7 Å².